The molecule has 0 aliphatic heterocycles. The summed E-state index contributed by atoms with van der Waals surface area (Å²) in [5.74, 6) is -0.343. The van der Waals surface area contributed by atoms with Crippen LogP contribution in [0, 0.1) is 0 Å². The number of anilines is 1. The van der Waals surface area contributed by atoms with E-state index in [1.807, 2.05) is 30.3 Å². The molecule has 0 unspecified atom stereocenters. The van der Waals surface area contributed by atoms with Gasteiger partial charge in [-0.1, -0.05) is 18.2 Å². The minimum atomic E-state index is -0.318. The first-order valence-corrected chi connectivity index (χ1v) is 6.35. The molecule has 6 nitrogen and oxygen atoms in total. The summed E-state index contributed by atoms with van der Waals surface area (Å²) >= 11 is 0. The van der Waals surface area contributed by atoms with Gasteiger partial charge in [-0.25, -0.2) is 4.68 Å². The molecule has 0 saturated heterocycles. The first-order chi connectivity index (χ1) is 10.1. The highest BCUT2D eigenvalue weighted by Crippen LogP contribution is 2.29. The van der Waals surface area contributed by atoms with Crippen molar-refractivity contribution in [1.29, 1.82) is 0 Å². The van der Waals surface area contributed by atoms with E-state index in [2.05, 4.69) is 10.4 Å². The molecule has 0 amide bonds. The van der Waals surface area contributed by atoms with Crippen LogP contribution in [0.5, 0.6) is 5.88 Å². The van der Waals surface area contributed by atoms with Gasteiger partial charge in [0, 0.05) is 18.8 Å². The zero-order valence-electron chi connectivity index (χ0n) is 11.6. The van der Waals surface area contributed by atoms with E-state index >= 15 is 0 Å². The maximum atomic E-state index is 12.5. The van der Waals surface area contributed by atoms with Crippen molar-refractivity contribution in [3.05, 3.63) is 53.4 Å². The maximum Gasteiger partial charge on any atom is 0.223 e. The van der Waals surface area contributed by atoms with Crippen molar-refractivity contribution in [3.63, 3.8) is 0 Å². The second kappa shape index (κ2) is 4.90. The summed E-state index contributed by atoms with van der Waals surface area (Å²) in [5, 5.41) is 7.00. The number of ketones is 2. The molecule has 1 aliphatic rings. The van der Waals surface area contributed by atoms with Gasteiger partial charge in [0.2, 0.25) is 17.4 Å². The highest BCUT2D eigenvalue weighted by Gasteiger charge is 2.33. The van der Waals surface area contributed by atoms with Crippen molar-refractivity contribution < 1.29 is 14.3 Å². The van der Waals surface area contributed by atoms with Gasteiger partial charge in [0.25, 0.3) is 0 Å². The van der Waals surface area contributed by atoms with Crippen LogP contribution < -0.4 is 10.1 Å². The lowest BCUT2D eigenvalue weighted by Crippen LogP contribution is -2.21. The first-order valence-electron chi connectivity index (χ1n) is 6.35. The third kappa shape index (κ3) is 2.10. The molecule has 3 rings (SSSR count). The molecule has 1 aliphatic carbocycles. The van der Waals surface area contributed by atoms with E-state index in [0.29, 0.717) is 0 Å². The Labute approximate surface area is 121 Å². The molecule has 1 aromatic heterocycles. The number of hydrogen-bond donors (Lipinski definition) is 1. The Kier molecular flexibility index (Phi) is 3.06. The van der Waals surface area contributed by atoms with Crippen LogP contribution in [0.3, 0.4) is 0 Å². The number of methoxy groups -OCH3 is 1. The lowest BCUT2D eigenvalue weighted by molar-refractivity contribution is 0.0981. The lowest BCUT2D eigenvalue weighted by Gasteiger charge is -2.14. The fraction of sp³-hybridized carbons (Fsp3) is 0.133. The normalized spacial score (nSPS) is 13.7. The topological polar surface area (TPSA) is 73.2 Å². The number of rotatable bonds is 3. The molecular formula is C15H13N3O3. The zero-order valence-corrected chi connectivity index (χ0v) is 11.6. The molecular weight excluding hydrogens is 270 g/mol. The van der Waals surface area contributed by atoms with Crippen LogP contribution in [0.25, 0.3) is 0 Å². The highest BCUT2D eigenvalue weighted by atomic mass is 16.5. The molecule has 1 heterocycles. The molecule has 0 fully saturated rings. The number of aromatic nitrogens is 2. The molecule has 21 heavy (non-hydrogen) atoms. The van der Waals surface area contributed by atoms with Gasteiger partial charge in [0.15, 0.2) is 0 Å². The van der Waals surface area contributed by atoms with E-state index in [4.69, 9.17) is 4.74 Å². The molecule has 0 spiro atoms. The Hall–Kier alpha value is -2.89. The van der Waals surface area contributed by atoms with Crippen LogP contribution in [0.4, 0.5) is 5.69 Å². The third-order valence-electron chi connectivity index (χ3n) is 3.22. The zero-order chi connectivity index (χ0) is 15.0. The number of carbonyl (C=O) groups is 2. The number of benzene rings is 1. The lowest BCUT2D eigenvalue weighted by atomic mass is 9.98. The van der Waals surface area contributed by atoms with Gasteiger partial charge in [-0.05, 0) is 12.1 Å². The van der Waals surface area contributed by atoms with Gasteiger partial charge in [-0.3, -0.25) is 9.59 Å². The Morgan fingerprint density at radius 3 is 2.57 bits per heavy atom. The molecule has 0 radical (unpaired) electrons. The summed E-state index contributed by atoms with van der Waals surface area (Å²) in [6.45, 7) is 0. The van der Waals surface area contributed by atoms with E-state index in [0.717, 1.165) is 5.69 Å². The predicted molar refractivity (Wildman–Crippen MR) is 76.6 cm³/mol. The predicted octanol–water partition coefficient (Wildman–Crippen LogP) is 1.80. The van der Waals surface area contributed by atoms with E-state index < -0.39 is 0 Å². The van der Waals surface area contributed by atoms with E-state index in [9.17, 15) is 9.59 Å². The van der Waals surface area contributed by atoms with Crippen LogP contribution in [-0.4, -0.2) is 28.5 Å². The number of para-hydroxylation sites is 1. The Bertz CT molecular complexity index is 760. The Morgan fingerprint density at radius 1 is 1.19 bits per heavy atom. The average molecular weight is 283 g/mol. The number of carbonyl (C=O) groups excluding carboxylic acids is 2. The van der Waals surface area contributed by atoms with Gasteiger partial charge < -0.3 is 10.1 Å². The standard InChI is InChI=1S/C15H13N3O3/c1-18-15(21-2)12-13(17-18)11(19)8-10(14(12)20)16-9-6-4-3-5-7-9/h3-8,16H,1-2H3. The molecule has 1 N–H and O–H groups in total. The quantitative estimate of drug-likeness (QED) is 0.930. The van der Waals surface area contributed by atoms with Crippen LogP contribution in [-0.2, 0) is 7.05 Å². The average Bonchev–Trinajstić information content (AvgIpc) is 2.83. The molecule has 0 atom stereocenters. The third-order valence-corrected chi connectivity index (χ3v) is 3.22. The van der Waals surface area contributed by atoms with Crippen LogP contribution >= 0.6 is 0 Å². The minimum absolute atomic E-state index is 0.123. The smallest absolute Gasteiger partial charge is 0.223 e. The van der Waals surface area contributed by atoms with Crippen LogP contribution in [0.2, 0.25) is 0 Å². The number of aryl methyl sites for hydroxylation is 1. The van der Waals surface area contributed by atoms with E-state index in [1.165, 1.54) is 17.9 Å². The van der Waals surface area contributed by atoms with E-state index in [-0.39, 0.29) is 34.4 Å². The maximum absolute atomic E-state index is 12.5. The van der Waals surface area contributed by atoms with E-state index in [1.54, 1.807) is 7.05 Å². The molecule has 0 saturated carbocycles. The summed E-state index contributed by atoms with van der Waals surface area (Å²) in [6, 6.07) is 9.18. The number of Topliss-reactive ketones (excluding diaryl/α,β-unsaturated/α-hetero) is 1. The van der Waals surface area contributed by atoms with Gasteiger partial charge in [0.1, 0.15) is 11.3 Å². The molecule has 106 valence electrons. The van der Waals surface area contributed by atoms with Crippen LogP contribution in [0.1, 0.15) is 20.8 Å². The van der Waals surface area contributed by atoms with Crippen molar-refractivity contribution in [3.8, 4) is 5.88 Å². The van der Waals surface area contributed by atoms with Gasteiger partial charge >= 0.3 is 0 Å². The second-order valence-corrected chi connectivity index (χ2v) is 4.60. The molecule has 0 bridgehead atoms. The fourth-order valence-electron chi connectivity index (χ4n) is 2.29. The van der Waals surface area contributed by atoms with Gasteiger partial charge in [-0.2, -0.15) is 5.10 Å². The summed E-state index contributed by atoms with van der Waals surface area (Å²) in [4.78, 5) is 24.7. The largest absolute Gasteiger partial charge is 0.481 e. The van der Waals surface area contributed by atoms with Crippen molar-refractivity contribution >= 4 is 17.3 Å². The number of nitrogens with one attached hydrogen (secondary N) is 1. The summed E-state index contributed by atoms with van der Waals surface area (Å²) in [7, 11) is 3.07. The number of allylic oxidation sites excluding steroid dienone is 2. The summed E-state index contributed by atoms with van der Waals surface area (Å²) in [5.41, 5.74) is 1.27. The van der Waals surface area contributed by atoms with Crippen molar-refractivity contribution in [2.75, 3.05) is 12.4 Å². The van der Waals surface area contributed by atoms with Crippen molar-refractivity contribution in [2.45, 2.75) is 0 Å². The van der Waals surface area contributed by atoms with Crippen LogP contribution in [0.15, 0.2) is 42.1 Å². The molecule has 1 aromatic carbocycles. The monoisotopic (exact) mass is 283 g/mol. The second-order valence-electron chi connectivity index (χ2n) is 4.60. The fourth-order valence-corrected chi connectivity index (χ4v) is 2.29. The Balaban J connectivity index is 2.02. The highest BCUT2D eigenvalue weighted by molar-refractivity contribution is 6.25. The molecule has 2 aromatic rings. The SMILES string of the molecule is COc1c2c(nn1C)C(=O)C=C(Nc1ccccc1)C2=O. The number of fused-ring (bicyclic) bond motifs is 1. The van der Waals surface area contributed by atoms with Gasteiger partial charge in [0.05, 0.1) is 12.8 Å². The first kappa shape index (κ1) is 13.1. The molecule has 6 heteroatoms. The number of hydrogen-bond acceptors (Lipinski definition) is 5. The van der Waals surface area contributed by atoms with Gasteiger partial charge in [-0.15, -0.1) is 0 Å². The summed E-state index contributed by atoms with van der Waals surface area (Å²) < 4.78 is 6.56. The minimum Gasteiger partial charge on any atom is -0.481 e. The number of ether oxygens (including phenoxy) is 1. The number of nitrogens with zero attached hydrogens (tertiary/aromatic N) is 2. The summed E-state index contributed by atoms with van der Waals surface area (Å²) in [6.07, 6.45) is 1.27. The van der Waals surface area contributed by atoms with Crippen molar-refractivity contribution in [1.82, 2.24) is 9.78 Å². The Morgan fingerprint density at radius 2 is 1.90 bits per heavy atom. The van der Waals surface area contributed by atoms with Crippen molar-refractivity contribution in [2.24, 2.45) is 7.05 Å².